The van der Waals surface area contributed by atoms with Gasteiger partial charge in [-0.3, -0.25) is 4.98 Å². The van der Waals surface area contributed by atoms with Crippen LogP contribution in [0.4, 0.5) is 24.7 Å². The molecule has 5 rings (SSSR count). The van der Waals surface area contributed by atoms with E-state index in [1.165, 1.54) is 25.6 Å². The fraction of sp³-hybridized carbons (Fsp3) is 0.250. The quantitative estimate of drug-likeness (QED) is 0.452. The molecular weight excluding hydrogens is 461 g/mol. The Kier molecular flexibility index (Phi) is 5.75. The number of nitrogen functional groups attached to an aromatic ring is 1. The molecule has 0 radical (unpaired) electrons. The maximum Gasteiger partial charge on any atom is 0.422 e. The highest BCUT2D eigenvalue weighted by atomic mass is 19.4. The van der Waals surface area contributed by atoms with Crippen LogP contribution >= 0.6 is 0 Å². The largest absolute Gasteiger partial charge is 0.493 e. The van der Waals surface area contributed by atoms with Gasteiger partial charge in [0.15, 0.2) is 23.9 Å². The predicted molar refractivity (Wildman–Crippen MR) is 124 cm³/mol. The Morgan fingerprint density at radius 3 is 2.60 bits per heavy atom. The van der Waals surface area contributed by atoms with E-state index >= 15 is 0 Å². The molecule has 3 aromatic heterocycles. The molecule has 0 saturated heterocycles. The first-order chi connectivity index (χ1) is 16.8. The minimum absolute atomic E-state index is 0.0708. The Balaban J connectivity index is 1.67. The molecule has 35 heavy (non-hydrogen) atoms. The number of fused-ring (bicyclic) bond motifs is 2. The monoisotopic (exact) mass is 482 g/mol. The highest BCUT2D eigenvalue weighted by molar-refractivity contribution is 6.06. The summed E-state index contributed by atoms with van der Waals surface area (Å²) in [5.74, 6) is 0.701. The molecule has 1 aromatic carbocycles. The number of aromatic nitrogens is 4. The summed E-state index contributed by atoms with van der Waals surface area (Å²) in [7, 11) is 1.35. The van der Waals surface area contributed by atoms with Gasteiger partial charge in [0.2, 0.25) is 0 Å². The Labute approximate surface area is 198 Å². The fourth-order valence-corrected chi connectivity index (χ4v) is 4.19. The van der Waals surface area contributed by atoms with Crippen molar-refractivity contribution in [1.82, 2.24) is 19.9 Å². The first-order valence-corrected chi connectivity index (χ1v) is 10.8. The number of hydrogen-bond donors (Lipinski definition) is 1. The number of anilines is 2. The average molecular weight is 482 g/mol. The van der Waals surface area contributed by atoms with E-state index in [1.807, 2.05) is 12.1 Å². The number of benzene rings is 1. The van der Waals surface area contributed by atoms with Crippen LogP contribution in [0.2, 0.25) is 0 Å². The van der Waals surface area contributed by atoms with Crippen LogP contribution < -0.4 is 20.1 Å². The summed E-state index contributed by atoms with van der Waals surface area (Å²) in [5.41, 5.74) is 9.56. The van der Waals surface area contributed by atoms with Crippen molar-refractivity contribution < 1.29 is 22.6 Å². The number of halogens is 3. The molecule has 0 bridgehead atoms. The first kappa shape index (κ1) is 22.6. The van der Waals surface area contributed by atoms with Crippen LogP contribution in [0.1, 0.15) is 11.3 Å². The van der Waals surface area contributed by atoms with E-state index in [9.17, 15) is 13.2 Å². The zero-order valence-corrected chi connectivity index (χ0v) is 18.7. The lowest BCUT2D eigenvalue weighted by atomic mass is 10.0. The van der Waals surface area contributed by atoms with Gasteiger partial charge in [-0.1, -0.05) is 6.07 Å². The van der Waals surface area contributed by atoms with Crippen molar-refractivity contribution in [1.29, 1.82) is 0 Å². The lowest BCUT2D eigenvalue weighted by Crippen LogP contribution is -2.31. The van der Waals surface area contributed by atoms with E-state index in [4.69, 9.17) is 20.2 Å². The number of nitrogens with zero attached hydrogens (tertiary/aromatic N) is 5. The number of alkyl halides is 3. The summed E-state index contributed by atoms with van der Waals surface area (Å²) >= 11 is 0. The smallest absolute Gasteiger partial charge is 0.422 e. The zero-order chi connectivity index (χ0) is 24.6. The molecule has 0 saturated carbocycles. The van der Waals surface area contributed by atoms with E-state index in [0.717, 1.165) is 17.7 Å². The van der Waals surface area contributed by atoms with Gasteiger partial charge in [-0.2, -0.15) is 13.2 Å². The normalized spacial score (nSPS) is 13.5. The number of rotatable bonds is 5. The van der Waals surface area contributed by atoms with Crippen molar-refractivity contribution in [3.8, 4) is 22.9 Å². The van der Waals surface area contributed by atoms with Crippen LogP contribution in [0.5, 0.6) is 11.5 Å². The third-order valence-electron chi connectivity index (χ3n) is 5.71. The van der Waals surface area contributed by atoms with Crippen molar-refractivity contribution in [2.75, 3.05) is 30.9 Å². The molecule has 1 aliphatic rings. The number of hydrogen-bond acceptors (Lipinski definition) is 8. The molecule has 0 spiro atoms. The van der Waals surface area contributed by atoms with Crippen molar-refractivity contribution in [3.05, 3.63) is 60.2 Å². The summed E-state index contributed by atoms with van der Waals surface area (Å²) in [6.07, 6.45) is 0.948. The summed E-state index contributed by atoms with van der Waals surface area (Å²) in [6.45, 7) is -0.207. The SMILES string of the molecule is COc1cc2nc(N3CCc4ncccc4C3)cc(N)c2c(-c2ncccn2)c1OCC(F)(F)F. The number of nitrogens with two attached hydrogens (primary N) is 1. The van der Waals surface area contributed by atoms with Gasteiger partial charge in [0.25, 0.3) is 0 Å². The molecular formula is C24H21F3N6O2. The van der Waals surface area contributed by atoms with E-state index in [0.29, 0.717) is 35.5 Å². The fourth-order valence-electron chi connectivity index (χ4n) is 4.19. The standard InChI is InChI=1S/C24H21F3N6O2/c1-34-18-11-17-20(21(23-30-7-3-8-31-23)22(18)35-13-24(25,26)27)15(28)10-19(32-17)33-9-5-16-14(12-33)4-2-6-29-16/h2-4,6-8,10-11H,5,9,12-13H2,1H3,(H2,28,32). The molecule has 2 N–H and O–H groups in total. The Bertz CT molecular complexity index is 1380. The Morgan fingerprint density at radius 1 is 1.09 bits per heavy atom. The van der Waals surface area contributed by atoms with Crippen LogP contribution in [-0.4, -0.2) is 46.4 Å². The molecule has 180 valence electrons. The summed E-state index contributed by atoms with van der Waals surface area (Å²) in [5, 5.41) is 0.386. The van der Waals surface area contributed by atoms with Crippen LogP contribution in [-0.2, 0) is 13.0 Å². The van der Waals surface area contributed by atoms with Gasteiger partial charge < -0.3 is 20.1 Å². The van der Waals surface area contributed by atoms with Gasteiger partial charge >= 0.3 is 6.18 Å². The average Bonchev–Trinajstić information content (AvgIpc) is 2.86. The number of ether oxygens (including phenoxy) is 2. The molecule has 8 nitrogen and oxygen atoms in total. The van der Waals surface area contributed by atoms with Gasteiger partial charge in [-0.05, 0) is 17.7 Å². The van der Waals surface area contributed by atoms with Crippen LogP contribution in [0.15, 0.2) is 48.9 Å². The van der Waals surface area contributed by atoms with Crippen LogP contribution in [0.3, 0.4) is 0 Å². The van der Waals surface area contributed by atoms with E-state index in [1.54, 1.807) is 18.3 Å². The highest BCUT2D eigenvalue weighted by Gasteiger charge is 2.31. The lowest BCUT2D eigenvalue weighted by molar-refractivity contribution is -0.153. The molecule has 0 fully saturated rings. The Morgan fingerprint density at radius 2 is 1.86 bits per heavy atom. The maximum absolute atomic E-state index is 13.0. The second kappa shape index (κ2) is 8.90. The molecule has 0 unspecified atom stereocenters. The molecule has 0 aliphatic carbocycles. The van der Waals surface area contributed by atoms with Crippen LogP contribution in [0, 0.1) is 0 Å². The lowest BCUT2D eigenvalue weighted by Gasteiger charge is -2.29. The van der Waals surface area contributed by atoms with Crippen molar-refractivity contribution >= 4 is 22.4 Å². The minimum Gasteiger partial charge on any atom is -0.493 e. The second-order valence-corrected chi connectivity index (χ2v) is 8.00. The molecule has 0 atom stereocenters. The van der Waals surface area contributed by atoms with E-state index in [2.05, 4.69) is 19.9 Å². The van der Waals surface area contributed by atoms with Gasteiger partial charge in [-0.15, -0.1) is 0 Å². The number of methoxy groups -OCH3 is 1. The third kappa shape index (κ3) is 4.48. The van der Waals surface area contributed by atoms with Crippen molar-refractivity contribution in [2.45, 2.75) is 19.1 Å². The van der Waals surface area contributed by atoms with Gasteiger partial charge in [-0.25, -0.2) is 15.0 Å². The predicted octanol–water partition coefficient (Wildman–Crippen LogP) is 4.18. The molecule has 1 aliphatic heterocycles. The Hall–Kier alpha value is -4.15. The van der Waals surface area contributed by atoms with Gasteiger partial charge in [0.05, 0.1) is 18.2 Å². The molecule has 0 amide bonds. The first-order valence-electron chi connectivity index (χ1n) is 10.8. The highest BCUT2D eigenvalue weighted by Crippen LogP contribution is 2.45. The zero-order valence-electron chi connectivity index (χ0n) is 18.7. The molecule has 4 heterocycles. The summed E-state index contributed by atoms with van der Waals surface area (Å²) < 4.78 is 49.7. The van der Waals surface area contributed by atoms with Gasteiger partial charge in [0, 0.05) is 67.0 Å². The third-order valence-corrected chi connectivity index (χ3v) is 5.71. The number of pyridine rings is 2. The summed E-state index contributed by atoms with van der Waals surface area (Å²) in [6, 6.07) is 8.74. The van der Waals surface area contributed by atoms with Crippen LogP contribution in [0.25, 0.3) is 22.3 Å². The molecule has 11 heteroatoms. The maximum atomic E-state index is 13.0. The van der Waals surface area contributed by atoms with Gasteiger partial charge in [0.1, 0.15) is 5.82 Å². The van der Waals surface area contributed by atoms with Crippen molar-refractivity contribution in [3.63, 3.8) is 0 Å². The second-order valence-electron chi connectivity index (χ2n) is 8.00. The summed E-state index contributed by atoms with van der Waals surface area (Å²) in [4.78, 5) is 19.8. The van der Waals surface area contributed by atoms with E-state index in [-0.39, 0.29) is 22.9 Å². The van der Waals surface area contributed by atoms with Crippen molar-refractivity contribution in [2.24, 2.45) is 0 Å². The minimum atomic E-state index is -4.55. The molecule has 4 aromatic rings. The van der Waals surface area contributed by atoms with E-state index < -0.39 is 12.8 Å². The topological polar surface area (TPSA) is 99.3 Å².